The van der Waals surface area contributed by atoms with Gasteiger partial charge in [0.2, 0.25) is 5.89 Å². The summed E-state index contributed by atoms with van der Waals surface area (Å²) in [7, 11) is 0. The summed E-state index contributed by atoms with van der Waals surface area (Å²) in [6, 6.07) is 0. The Balaban J connectivity index is 2.37. The van der Waals surface area contributed by atoms with Crippen molar-refractivity contribution in [2.75, 3.05) is 13.2 Å². The van der Waals surface area contributed by atoms with Crippen LogP contribution in [0.4, 0.5) is 13.2 Å². The number of aromatic nitrogens is 2. The average molecular weight is 309 g/mol. The highest BCUT2D eigenvalue weighted by Gasteiger charge is 2.27. The van der Waals surface area contributed by atoms with Crippen LogP contribution in [0.1, 0.15) is 38.4 Å². The smallest absolute Gasteiger partial charge is 0.364 e. The zero-order valence-corrected chi connectivity index (χ0v) is 12.3. The number of halogens is 3. The van der Waals surface area contributed by atoms with Gasteiger partial charge >= 0.3 is 6.18 Å². The summed E-state index contributed by atoms with van der Waals surface area (Å²) >= 11 is 0. The molecule has 1 atom stereocenters. The summed E-state index contributed by atoms with van der Waals surface area (Å²) in [6.45, 7) is 3.26. The first-order valence-corrected chi connectivity index (χ1v) is 6.98. The van der Waals surface area contributed by atoms with E-state index in [2.05, 4.69) is 28.7 Å². The van der Waals surface area contributed by atoms with Gasteiger partial charge in [-0.25, -0.2) is 0 Å². The largest absolute Gasteiger partial charge is 0.411 e. The van der Waals surface area contributed by atoms with E-state index in [0.717, 1.165) is 12.8 Å². The number of ether oxygens (including phenoxy) is 1. The number of hydrogen-bond acceptors (Lipinski definition) is 5. The SMILES string of the molecule is CC(C)C(CCN)CCc1nc(COCC(F)(F)F)no1. The first-order chi connectivity index (χ1) is 9.81. The van der Waals surface area contributed by atoms with Gasteiger partial charge in [0.25, 0.3) is 0 Å². The van der Waals surface area contributed by atoms with E-state index >= 15 is 0 Å². The molecule has 0 aliphatic carbocycles. The van der Waals surface area contributed by atoms with Crippen molar-refractivity contribution in [3.63, 3.8) is 0 Å². The summed E-state index contributed by atoms with van der Waals surface area (Å²) in [6.07, 6.45) is -1.97. The molecular weight excluding hydrogens is 287 g/mol. The van der Waals surface area contributed by atoms with Gasteiger partial charge in [-0.05, 0) is 31.2 Å². The van der Waals surface area contributed by atoms with Crippen LogP contribution in [0, 0.1) is 11.8 Å². The maximum Gasteiger partial charge on any atom is 0.411 e. The van der Waals surface area contributed by atoms with Crippen LogP contribution < -0.4 is 5.73 Å². The van der Waals surface area contributed by atoms with Gasteiger partial charge in [0, 0.05) is 6.42 Å². The van der Waals surface area contributed by atoms with Gasteiger partial charge in [-0.15, -0.1) is 0 Å². The van der Waals surface area contributed by atoms with E-state index in [9.17, 15) is 13.2 Å². The molecule has 0 aromatic carbocycles. The molecule has 0 aliphatic heterocycles. The highest BCUT2D eigenvalue weighted by molar-refractivity contribution is 4.85. The van der Waals surface area contributed by atoms with Gasteiger partial charge in [-0.1, -0.05) is 19.0 Å². The third-order valence-electron chi connectivity index (χ3n) is 3.22. The molecule has 1 aromatic rings. The zero-order chi connectivity index (χ0) is 15.9. The molecule has 8 heteroatoms. The summed E-state index contributed by atoms with van der Waals surface area (Å²) in [5.41, 5.74) is 5.57. The minimum atomic E-state index is -4.35. The molecule has 2 N–H and O–H groups in total. The van der Waals surface area contributed by atoms with Crippen molar-refractivity contribution in [3.05, 3.63) is 11.7 Å². The number of rotatable bonds is 9. The van der Waals surface area contributed by atoms with Crippen molar-refractivity contribution in [1.29, 1.82) is 0 Å². The van der Waals surface area contributed by atoms with E-state index in [1.807, 2.05) is 0 Å². The van der Waals surface area contributed by atoms with Gasteiger partial charge < -0.3 is 15.0 Å². The minimum Gasteiger partial charge on any atom is -0.364 e. The van der Waals surface area contributed by atoms with Crippen LogP contribution in [0.15, 0.2) is 4.52 Å². The van der Waals surface area contributed by atoms with E-state index < -0.39 is 12.8 Å². The Morgan fingerprint density at radius 1 is 1.29 bits per heavy atom. The third-order valence-corrected chi connectivity index (χ3v) is 3.22. The van der Waals surface area contributed by atoms with E-state index in [1.54, 1.807) is 0 Å². The van der Waals surface area contributed by atoms with Crippen LogP contribution in [-0.2, 0) is 17.8 Å². The van der Waals surface area contributed by atoms with Gasteiger partial charge in [-0.2, -0.15) is 18.2 Å². The van der Waals surface area contributed by atoms with Crippen LogP contribution in [0.3, 0.4) is 0 Å². The Bertz CT molecular complexity index is 408. The predicted octanol–water partition coefficient (Wildman–Crippen LogP) is 2.70. The first-order valence-electron chi connectivity index (χ1n) is 6.98. The van der Waals surface area contributed by atoms with Gasteiger partial charge in [0.05, 0.1) is 0 Å². The predicted molar refractivity (Wildman–Crippen MR) is 70.3 cm³/mol. The van der Waals surface area contributed by atoms with Crippen molar-refractivity contribution in [3.8, 4) is 0 Å². The molecule has 1 aromatic heterocycles. The van der Waals surface area contributed by atoms with Gasteiger partial charge in [0.1, 0.15) is 13.2 Å². The number of hydrogen-bond donors (Lipinski definition) is 1. The summed E-state index contributed by atoms with van der Waals surface area (Å²) in [5.74, 6) is 1.52. The van der Waals surface area contributed by atoms with E-state index in [-0.39, 0.29) is 12.4 Å². The van der Waals surface area contributed by atoms with Crippen molar-refractivity contribution in [1.82, 2.24) is 10.1 Å². The molecular formula is C13H22F3N3O2. The molecule has 1 rings (SSSR count). The molecule has 0 aliphatic rings. The van der Waals surface area contributed by atoms with Crippen LogP contribution in [0.2, 0.25) is 0 Å². The van der Waals surface area contributed by atoms with Crippen LogP contribution in [0.5, 0.6) is 0 Å². The fourth-order valence-electron chi connectivity index (χ4n) is 2.04. The van der Waals surface area contributed by atoms with E-state index in [0.29, 0.717) is 30.7 Å². The van der Waals surface area contributed by atoms with Crippen molar-refractivity contribution in [2.45, 2.75) is 45.9 Å². The number of alkyl halides is 3. The molecule has 0 bridgehead atoms. The number of aryl methyl sites for hydroxylation is 1. The summed E-state index contributed by atoms with van der Waals surface area (Å²) in [4.78, 5) is 4.02. The lowest BCUT2D eigenvalue weighted by atomic mass is 9.88. The van der Waals surface area contributed by atoms with Crippen LogP contribution in [0.25, 0.3) is 0 Å². The van der Waals surface area contributed by atoms with Crippen molar-refractivity contribution in [2.24, 2.45) is 17.6 Å². The Kier molecular flexibility index (Phi) is 7.10. The van der Waals surface area contributed by atoms with Crippen LogP contribution >= 0.6 is 0 Å². The summed E-state index contributed by atoms with van der Waals surface area (Å²) in [5, 5.41) is 3.60. The molecule has 0 radical (unpaired) electrons. The molecule has 0 amide bonds. The van der Waals surface area contributed by atoms with Crippen LogP contribution in [-0.4, -0.2) is 29.5 Å². The second kappa shape index (κ2) is 8.33. The lowest BCUT2D eigenvalue weighted by molar-refractivity contribution is -0.177. The van der Waals surface area contributed by atoms with Crippen molar-refractivity contribution >= 4 is 0 Å². The molecule has 21 heavy (non-hydrogen) atoms. The molecule has 5 nitrogen and oxygen atoms in total. The summed E-state index contributed by atoms with van der Waals surface area (Å²) < 4.78 is 45.2. The monoisotopic (exact) mass is 309 g/mol. The second-order valence-corrected chi connectivity index (χ2v) is 5.33. The lowest BCUT2D eigenvalue weighted by Gasteiger charge is -2.18. The first kappa shape index (κ1) is 17.9. The van der Waals surface area contributed by atoms with E-state index in [4.69, 9.17) is 10.3 Å². The molecule has 122 valence electrons. The minimum absolute atomic E-state index is 0.133. The highest BCUT2D eigenvalue weighted by Crippen LogP contribution is 2.21. The Labute approximate surface area is 122 Å². The maximum absolute atomic E-state index is 11.9. The molecule has 0 saturated heterocycles. The fourth-order valence-corrected chi connectivity index (χ4v) is 2.04. The van der Waals surface area contributed by atoms with E-state index in [1.165, 1.54) is 0 Å². The second-order valence-electron chi connectivity index (χ2n) is 5.33. The Morgan fingerprint density at radius 3 is 2.57 bits per heavy atom. The zero-order valence-electron chi connectivity index (χ0n) is 12.3. The third kappa shape index (κ3) is 7.42. The lowest BCUT2D eigenvalue weighted by Crippen LogP contribution is -2.17. The Hall–Kier alpha value is -1.15. The van der Waals surface area contributed by atoms with Gasteiger partial charge in [0.15, 0.2) is 5.82 Å². The molecule has 0 fully saturated rings. The normalized spacial score (nSPS) is 13.9. The average Bonchev–Trinajstić information content (AvgIpc) is 2.80. The van der Waals surface area contributed by atoms with Gasteiger partial charge in [-0.3, -0.25) is 0 Å². The molecule has 1 unspecified atom stereocenters. The number of nitrogens with zero attached hydrogens (tertiary/aromatic N) is 2. The number of nitrogens with two attached hydrogens (primary N) is 1. The topological polar surface area (TPSA) is 74.2 Å². The molecule has 0 saturated carbocycles. The maximum atomic E-state index is 11.9. The highest BCUT2D eigenvalue weighted by atomic mass is 19.4. The standard InChI is InChI=1S/C13H22F3N3O2/c1-9(2)10(5-6-17)3-4-12-18-11(19-21-12)7-20-8-13(14,15)16/h9-10H,3-8,17H2,1-2H3. The fraction of sp³-hybridized carbons (Fsp3) is 0.846. The molecule has 0 spiro atoms. The molecule has 1 heterocycles. The Morgan fingerprint density at radius 2 is 2.00 bits per heavy atom. The van der Waals surface area contributed by atoms with Crippen molar-refractivity contribution < 1.29 is 22.4 Å². The quantitative estimate of drug-likeness (QED) is 0.759.